The Labute approximate surface area is 188 Å². The lowest BCUT2D eigenvalue weighted by atomic mass is 10.0. The number of nitrogens with zero attached hydrogens (tertiary/aromatic N) is 6. The van der Waals surface area contributed by atoms with Gasteiger partial charge in [-0.25, -0.2) is 9.97 Å². The molecule has 174 valence electrons. The van der Waals surface area contributed by atoms with Gasteiger partial charge in [-0.2, -0.15) is 28.2 Å². The van der Waals surface area contributed by atoms with Crippen molar-refractivity contribution in [2.24, 2.45) is 5.92 Å². The van der Waals surface area contributed by atoms with Crippen molar-refractivity contribution in [1.82, 2.24) is 29.9 Å². The number of rotatable bonds is 6. The second-order valence-corrected chi connectivity index (χ2v) is 8.00. The molecule has 1 saturated heterocycles. The zero-order valence-electron chi connectivity index (χ0n) is 18.1. The number of para-hydroxylation sites is 1. The lowest BCUT2D eigenvalue weighted by molar-refractivity contribution is -0.141. The topological polar surface area (TPSA) is 86.0 Å². The van der Waals surface area contributed by atoms with E-state index in [1.807, 2.05) is 13.8 Å². The summed E-state index contributed by atoms with van der Waals surface area (Å²) in [5.41, 5.74) is -0.0663. The molecule has 1 aliphatic rings. The fraction of sp³-hybridized carbons (Fsp3) is 0.409. The first-order valence-corrected chi connectivity index (χ1v) is 10.6. The Kier molecular flexibility index (Phi) is 6.30. The molecule has 8 nitrogen and oxygen atoms in total. The van der Waals surface area contributed by atoms with Crippen LogP contribution in [0.15, 0.2) is 49.1 Å². The van der Waals surface area contributed by atoms with Gasteiger partial charge in [-0.3, -0.25) is 4.79 Å². The number of benzene rings is 1. The molecule has 0 spiro atoms. The molecule has 1 fully saturated rings. The molecule has 2 aromatic heterocycles. The Morgan fingerprint density at radius 3 is 2.55 bits per heavy atom. The van der Waals surface area contributed by atoms with Crippen molar-refractivity contribution in [3.63, 3.8) is 0 Å². The highest BCUT2D eigenvalue weighted by atomic mass is 19.4. The second kappa shape index (κ2) is 9.16. The SMILES string of the molecule is CCC(Oc1cnc(C(F)(F)F)cn1)C1CC(C)CN1C(=O)c1ccccc1-n1nccn1. The standard InChI is InChI=1S/C22H23F3N6O2/c1-3-18(33-20-12-26-19(11-27-20)22(23,24)25)17-10-14(2)13-30(17)21(32)15-6-4-5-7-16(15)31-28-8-9-29-31/h4-9,11-12,14,17-18H,3,10,13H2,1-2H3. The number of hydrogen-bond acceptors (Lipinski definition) is 6. The van der Waals surface area contributed by atoms with E-state index in [2.05, 4.69) is 20.2 Å². The van der Waals surface area contributed by atoms with E-state index in [-0.39, 0.29) is 23.7 Å². The van der Waals surface area contributed by atoms with Gasteiger partial charge in [0.2, 0.25) is 5.88 Å². The van der Waals surface area contributed by atoms with Crippen molar-refractivity contribution in [3.8, 4) is 11.6 Å². The van der Waals surface area contributed by atoms with Gasteiger partial charge >= 0.3 is 6.18 Å². The molecule has 0 bridgehead atoms. The molecule has 3 unspecified atom stereocenters. The van der Waals surface area contributed by atoms with Crippen molar-refractivity contribution in [2.45, 2.75) is 45.0 Å². The fourth-order valence-corrected chi connectivity index (χ4v) is 4.11. The van der Waals surface area contributed by atoms with Crippen molar-refractivity contribution in [3.05, 3.63) is 60.3 Å². The predicted molar refractivity (Wildman–Crippen MR) is 112 cm³/mol. The maximum absolute atomic E-state index is 13.6. The highest BCUT2D eigenvalue weighted by Gasteiger charge is 2.40. The van der Waals surface area contributed by atoms with Gasteiger partial charge in [0.15, 0.2) is 5.69 Å². The number of likely N-dealkylation sites (tertiary alicyclic amines) is 1. The summed E-state index contributed by atoms with van der Waals surface area (Å²) in [6, 6.07) is 6.80. The van der Waals surface area contributed by atoms with E-state index in [1.165, 1.54) is 17.2 Å². The molecule has 1 aromatic carbocycles. The number of amides is 1. The third kappa shape index (κ3) is 4.81. The first-order chi connectivity index (χ1) is 15.8. The smallest absolute Gasteiger partial charge is 0.434 e. The molecule has 3 atom stereocenters. The summed E-state index contributed by atoms with van der Waals surface area (Å²) in [6.07, 6.45) is 0.885. The summed E-state index contributed by atoms with van der Waals surface area (Å²) in [6.45, 7) is 4.48. The first kappa shape index (κ1) is 22.7. The maximum atomic E-state index is 13.6. The van der Waals surface area contributed by atoms with E-state index in [9.17, 15) is 18.0 Å². The Hall–Kier alpha value is -3.50. The zero-order valence-corrected chi connectivity index (χ0v) is 18.1. The van der Waals surface area contributed by atoms with Crippen molar-refractivity contribution in [1.29, 1.82) is 0 Å². The van der Waals surface area contributed by atoms with Crippen LogP contribution in [0.5, 0.6) is 5.88 Å². The van der Waals surface area contributed by atoms with Gasteiger partial charge in [0.05, 0.1) is 42.1 Å². The summed E-state index contributed by atoms with van der Waals surface area (Å²) < 4.78 is 44.2. The average Bonchev–Trinajstić information content (AvgIpc) is 3.47. The molecule has 1 amide bonds. The van der Waals surface area contributed by atoms with Crippen LogP contribution in [0.3, 0.4) is 0 Å². The number of carbonyl (C=O) groups excluding carboxylic acids is 1. The highest BCUT2D eigenvalue weighted by Crippen LogP contribution is 2.32. The Balaban J connectivity index is 1.58. The monoisotopic (exact) mass is 460 g/mol. The summed E-state index contributed by atoms with van der Waals surface area (Å²) in [4.78, 5) is 23.9. The highest BCUT2D eigenvalue weighted by molar-refractivity contribution is 5.98. The predicted octanol–water partition coefficient (Wildman–Crippen LogP) is 3.78. The van der Waals surface area contributed by atoms with Crippen LogP contribution in [-0.2, 0) is 6.18 Å². The molecule has 11 heteroatoms. The third-order valence-electron chi connectivity index (χ3n) is 5.60. The molecule has 0 aliphatic carbocycles. The maximum Gasteiger partial charge on any atom is 0.434 e. The molecular weight excluding hydrogens is 437 g/mol. The third-order valence-corrected chi connectivity index (χ3v) is 5.60. The van der Waals surface area contributed by atoms with Gasteiger partial charge in [0.1, 0.15) is 6.10 Å². The lowest BCUT2D eigenvalue weighted by Crippen LogP contribution is -2.45. The number of halogens is 3. The summed E-state index contributed by atoms with van der Waals surface area (Å²) in [5, 5.41) is 8.27. The Morgan fingerprint density at radius 2 is 1.91 bits per heavy atom. The number of ether oxygens (including phenoxy) is 1. The molecule has 0 radical (unpaired) electrons. The van der Waals surface area contributed by atoms with Crippen LogP contribution in [0, 0.1) is 5.92 Å². The van der Waals surface area contributed by atoms with Crippen LogP contribution in [0.1, 0.15) is 42.7 Å². The van der Waals surface area contributed by atoms with E-state index < -0.39 is 18.0 Å². The van der Waals surface area contributed by atoms with Gasteiger partial charge in [-0.15, -0.1) is 0 Å². The molecule has 4 rings (SSSR count). The molecule has 1 aliphatic heterocycles. The van der Waals surface area contributed by atoms with Crippen LogP contribution in [0.2, 0.25) is 0 Å². The van der Waals surface area contributed by atoms with Gasteiger partial charge in [-0.05, 0) is 30.9 Å². The zero-order chi connectivity index (χ0) is 23.6. The minimum Gasteiger partial charge on any atom is -0.471 e. The number of hydrogen-bond donors (Lipinski definition) is 0. The van der Waals surface area contributed by atoms with Crippen molar-refractivity contribution >= 4 is 5.91 Å². The second-order valence-electron chi connectivity index (χ2n) is 8.00. The summed E-state index contributed by atoms with van der Waals surface area (Å²) in [7, 11) is 0. The van der Waals surface area contributed by atoms with E-state index in [1.54, 1.807) is 29.2 Å². The van der Waals surface area contributed by atoms with Crippen LogP contribution in [0.25, 0.3) is 5.69 Å². The van der Waals surface area contributed by atoms with Gasteiger partial charge in [0, 0.05) is 6.54 Å². The van der Waals surface area contributed by atoms with Crippen LogP contribution in [0.4, 0.5) is 13.2 Å². The summed E-state index contributed by atoms with van der Waals surface area (Å²) >= 11 is 0. The molecule has 3 aromatic rings. The normalized spacial score (nSPS) is 19.5. The minimum atomic E-state index is -4.57. The van der Waals surface area contributed by atoms with Gasteiger partial charge in [-0.1, -0.05) is 26.0 Å². The van der Waals surface area contributed by atoms with Crippen molar-refractivity contribution in [2.75, 3.05) is 6.54 Å². The quantitative estimate of drug-likeness (QED) is 0.557. The van der Waals surface area contributed by atoms with Crippen LogP contribution in [-0.4, -0.2) is 54.5 Å². The largest absolute Gasteiger partial charge is 0.471 e. The number of alkyl halides is 3. The van der Waals surface area contributed by atoms with Crippen LogP contribution >= 0.6 is 0 Å². The minimum absolute atomic E-state index is 0.0112. The first-order valence-electron chi connectivity index (χ1n) is 10.6. The fourth-order valence-electron chi connectivity index (χ4n) is 4.11. The van der Waals surface area contributed by atoms with E-state index in [0.29, 0.717) is 36.8 Å². The van der Waals surface area contributed by atoms with Crippen molar-refractivity contribution < 1.29 is 22.7 Å². The number of carbonyl (C=O) groups is 1. The van der Waals surface area contributed by atoms with E-state index >= 15 is 0 Å². The molecular formula is C22H23F3N6O2. The van der Waals surface area contributed by atoms with E-state index in [0.717, 1.165) is 6.20 Å². The molecule has 3 heterocycles. The average molecular weight is 460 g/mol. The molecule has 0 N–H and O–H groups in total. The summed E-state index contributed by atoms with van der Waals surface area (Å²) in [5.74, 6) is 0.0334. The molecule has 33 heavy (non-hydrogen) atoms. The van der Waals surface area contributed by atoms with Gasteiger partial charge < -0.3 is 9.64 Å². The Morgan fingerprint density at radius 1 is 1.18 bits per heavy atom. The lowest BCUT2D eigenvalue weighted by Gasteiger charge is -2.31. The van der Waals surface area contributed by atoms with Crippen LogP contribution < -0.4 is 4.74 Å². The molecule has 0 saturated carbocycles. The van der Waals surface area contributed by atoms with E-state index in [4.69, 9.17) is 4.74 Å². The Bertz CT molecular complexity index is 1090. The number of aromatic nitrogens is 5. The van der Waals surface area contributed by atoms with Gasteiger partial charge in [0.25, 0.3) is 5.91 Å².